The number of aromatic hydroxyl groups is 1. The lowest BCUT2D eigenvalue weighted by atomic mass is 10.1. The number of rotatable bonds is 5. The number of ketones is 1. The number of Topliss-reactive ketones (excluding diaryl/α,β-unsaturated/α-hetero) is 1. The largest absolute Gasteiger partial charge is 0.508 e. The molecule has 3 nitrogen and oxygen atoms in total. The van der Waals surface area contributed by atoms with E-state index in [1.807, 2.05) is 18.0 Å². The van der Waals surface area contributed by atoms with Crippen LogP contribution < -0.4 is 0 Å². The number of halogens is 1. The van der Waals surface area contributed by atoms with Crippen LogP contribution in [0.4, 0.5) is 4.39 Å². The lowest BCUT2D eigenvalue weighted by Gasteiger charge is -2.18. The first-order valence-electron chi connectivity index (χ1n) is 6.71. The monoisotopic (exact) mass is 287 g/mol. The molecule has 0 unspecified atom stereocenters. The molecular weight excluding hydrogens is 269 g/mol. The van der Waals surface area contributed by atoms with E-state index in [0.717, 1.165) is 5.56 Å². The summed E-state index contributed by atoms with van der Waals surface area (Å²) in [6.45, 7) is 2.53. The SMILES string of the molecule is CC(=O)c1ccc(O)c(CN(C)Cc2cccc(F)c2)c1. The molecule has 0 fully saturated rings. The minimum Gasteiger partial charge on any atom is -0.508 e. The minimum atomic E-state index is -0.262. The zero-order valence-electron chi connectivity index (χ0n) is 12.1. The van der Waals surface area contributed by atoms with Crippen molar-refractivity contribution in [1.82, 2.24) is 4.90 Å². The Kier molecular flexibility index (Phi) is 4.70. The Bertz CT molecular complexity index is 655. The molecule has 21 heavy (non-hydrogen) atoms. The van der Waals surface area contributed by atoms with Crippen LogP contribution in [0.2, 0.25) is 0 Å². The molecule has 110 valence electrons. The van der Waals surface area contributed by atoms with E-state index in [9.17, 15) is 14.3 Å². The molecule has 2 rings (SSSR count). The molecule has 1 N–H and O–H groups in total. The van der Waals surface area contributed by atoms with E-state index in [0.29, 0.717) is 24.2 Å². The van der Waals surface area contributed by atoms with Crippen molar-refractivity contribution < 1.29 is 14.3 Å². The normalized spacial score (nSPS) is 10.9. The van der Waals surface area contributed by atoms with Gasteiger partial charge in [0.2, 0.25) is 0 Å². The fourth-order valence-corrected chi connectivity index (χ4v) is 2.22. The van der Waals surface area contributed by atoms with Gasteiger partial charge in [-0.3, -0.25) is 9.69 Å². The molecule has 0 heterocycles. The smallest absolute Gasteiger partial charge is 0.159 e. The summed E-state index contributed by atoms with van der Waals surface area (Å²) in [6, 6.07) is 11.3. The predicted molar refractivity (Wildman–Crippen MR) is 79.7 cm³/mol. The Morgan fingerprint density at radius 3 is 2.62 bits per heavy atom. The van der Waals surface area contributed by atoms with Crippen LogP contribution >= 0.6 is 0 Å². The van der Waals surface area contributed by atoms with Crippen LogP contribution in [0.3, 0.4) is 0 Å². The van der Waals surface area contributed by atoms with E-state index < -0.39 is 0 Å². The highest BCUT2D eigenvalue weighted by Gasteiger charge is 2.09. The Morgan fingerprint density at radius 2 is 1.95 bits per heavy atom. The summed E-state index contributed by atoms with van der Waals surface area (Å²) in [5.74, 6) is -0.141. The van der Waals surface area contributed by atoms with E-state index in [1.54, 1.807) is 18.2 Å². The second kappa shape index (κ2) is 6.50. The third-order valence-corrected chi connectivity index (χ3v) is 3.27. The molecule has 2 aromatic carbocycles. The Labute approximate surface area is 123 Å². The molecule has 0 aliphatic rings. The number of hydrogen-bond donors (Lipinski definition) is 1. The zero-order chi connectivity index (χ0) is 15.4. The number of nitrogens with zero attached hydrogens (tertiary/aromatic N) is 1. The highest BCUT2D eigenvalue weighted by Crippen LogP contribution is 2.21. The molecule has 0 aliphatic carbocycles. The fraction of sp³-hybridized carbons (Fsp3) is 0.235. The van der Waals surface area contributed by atoms with Crippen molar-refractivity contribution in [2.24, 2.45) is 0 Å². The highest BCUT2D eigenvalue weighted by molar-refractivity contribution is 5.94. The standard InChI is InChI=1S/C17H18FNO2/c1-12(20)14-6-7-17(21)15(9-14)11-19(2)10-13-4-3-5-16(18)8-13/h3-9,21H,10-11H2,1-2H3. The van der Waals surface area contributed by atoms with Crippen LogP contribution in [0.1, 0.15) is 28.4 Å². The first-order valence-corrected chi connectivity index (χ1v) is 6.71. The van der Waals surface area contributed by atoms with Crippen molar-refractivity contribution in [2.45, 2.75) is 20.0 Å². The summed E-state index contributed by atoms with van der Waals surface area (Å²) in [5.41, 5.74) is 2.11. The van der Waals surface area contributed by atoms with Crippen molar-refractivity contribution in [1.29, 1.82) is 0 Å². The van der Waals surface area contributed by atoms with Gasteiger partial charge in [-0.1, -0.05) is 12.1 Å². The van der Waals surface area contributed by atoms with Crippen molar-refractivity contribution >= 4 is 5.78 Å². The molecule has 0 saturated heterocycles. The molecule has 0 spiro atoms. The summed E-state index contributed by atoms with van der Waals surface area (Å²) in [4.78, 5) is 13.3. The number of hydrogen-bond acceptors (Lipinski definition) is 3. The predicted octanol–water partition coefficient (Wildman–Crippen LogP) is 3.37. The number of phenols is 1. The van der Waals surface area contributed by atoms with Gasteiger partial charge < -0.3 is 5.11 Å². The third-order valence-electron chi connectivity index (χ3n) is 3.27. The van der Waals surface area contributed by atoms with E-state index in [4.69, 9.17) is 0 Å². The summed E-state index contributed by atoms with van der Waals surface area (Å²) >= 11 is 0. The summed E-state index contributed by atoms with van der Waals surface area (Å²) < 4.78 is 13.2. The third kappa shape index (κ3) is 4.13. The number of carbonyl (C=O) groups excluding carboxylic acids is 1. The quantitative estimate of drug-likeness (QED) is 0.857. The van der Waals surface area contributed by atoms with Crippen molar-refractivity contribution in [3.8, 4) is 5.75 Å². The first-order chi connectivity index (χ1) is 9.95. The first kappa shape index (κ1) is 15.2. The molecule has 0 radical (unpaired) electrons. The van der Waals surface area contributed by atoms with Gasteiger partial charge in [-0.15, -0.1) is 0 Å². The van der Waals surface area contributed by atoms with Gasteiger partial charge in [-0.2, -0.15) is 0 Å². The van der Waals surface area contributed by atoms with Crippen LogP contribution in [0.5, 0.6) is 5.75 Å². The van der Waals surface area contributed by atoms with Crippen LogP contribution in [-0.2, 0) is 13.1 Å². The van der Waals surface area contributed by atoms with Gasteiger partial charge in [-0.05, 0) is 49.9 Å². The fourth-order valence-electron chi connectivity index (χ4n) is 2.22. The molecule has 0 bridgehead atoms. The van der Waals surface area contributed by atoms with Gasteiger partial charge in [0.1, 0.15) is 11.6 Å². The van der Waals surface area contributed by atoms with Crippen molar-refractivity contribution in [2.75, 3.05) is 7.05 Å². The molecule has 0 saturated carbocycles. The maximum atomic E-state index is 13.2. The average Bonchev–Trinajstić information content (AvgIpc) is 2.41. The summed E-state index contributed by atoms with van der Waals surface area (Å²) in [5, 5.41) is 9.88. The second-order valence-corrected chi connectivity index (χ2v) is 5.20. The topological polar surface area (TPSA) is 40.5 Å². The van der Waals surface area contributed by atoms with Gasteiger partial charge in [0.05, 0.1) is 0 Å². The van der Waals surface area contributed by atoms with Gasteiger partial charge in [0.15, 0.2) is 5.78 Å². The van der Waals surface area contributed by atoms with Crippen LogP contribution in [0, 0.1) is 5.82 Å². The van der Waals surface area contributed by atoms with E-state index in [1.165, 1.54) is 25.1 Å². The number of benzene rings is 2. The summed E-state index contributed by atoms with van der Waals surface area (Å²) in [6.07, 6.45) is 0. The highest BCUT2D eigenvalue weighted by atomic mass is 19.1. The Hall–Kier alpha value is -2.20. The van der Waals surface area contributed by atoms with Gasteiger partial charge in [0.25, 0.3) is 0 Å². The lowest BCUT2D eigenvalue weighted by Crippen LogP contribution is -2.17. The number of carbonyl (C=O) groups is 1. The maximum absolute atomic E-state index is 13.2. The molecule has 0 aliphatic heterocycles. The summed E-state index contributed by atoms with van der Waals surface area (Å²) in [7, 11) is 1.88. The van der Waals surface area contributed by atoms with E-state index in [-0.39, 0.29) is 17.3 Å². The number of phenolic OH excluding ortho intramolecular Hbond substituents is 1. The molecule has 4 heteroatoms. The molecular formula is C17H18FNO2. The average molecular weight is 287 g/mol. The van der Waals surface area contributed by atoms with Gasteiger partial charge in [0, 0.05) is 24.2 Å². The molecule has 0 amide bonds. The van der Waals surface area contributed by atoms with Gasteiger partial charge >= 0.3 is 0 Å². The lowest BCUT2D eigenvalue weighted by molar-refractivity contribution is 0.101. The van der Waals surface area contributed by atoms with Gasteiger partial charge in [-0.25, -0.2) is 4.39 Å². The zero-order valence-corrected chi connectivity index (χ0v) is 12.1. The Morgan fingerprint density at radius 1 is 1.19 bits per heavy atom. The molecule has 0 atom stereocenters. The van der Waals surface area contributed by atoms with Crippen molar-refractivity contribution in [3.63, 3.8) is 0 Å². The van der Waals surface area contributed by atoms with Crippen LogP contribution in [0.25, 0.3) is 0 Å². The van der Waals surface area contributed by atoms with E-state index in [2.05, 4.69) is 0 Å². The second-order valence-electron chi connectivity index (χ2n) is 5.20. The Balaban J connectivity index is 2.10. The van der Waals surface area contributed by atoms with Crippen molar-refractivity contribution in [3.05, 3.63) is 65.0 Å². The maximum Gasteiger partial charge on any atom is 0.159 e. The van der Waals surface area contributed by atoms with E-state index >= 15 is 0 Å². The minimum absolute atomic E-state index is 0.0379. The van der Waals surface area contributed by atoms with Crippen LogP contribution in [0.15, 0.2) is 42.5 Å². The van der Waals surface area contributed by atoms with Crippen LogP contribution in [-0.4, -0.2) is 22.8 Å². The molecule has 0 aromatic heterocycles. The molecule has 2 aromatic rings.